The Morgan fingerprint density at radius 3 is 2.25 bits per heavy atom. The van der Waals surface area contributed by atoms with E-state index in [2.05, 4.69) is 43.4 Å². The van der Waals surface area contributed by atoms with Gasteiger partial charge in [0.25, 0.3) is 0 Å². The molecule has 0 aromatic heterocycles. The Morgan fingerprint density at radius 2 is 1.75 bits per heavy atom. The fourth-order valence-corrected chi connectivity index (χ4v) is 2.59. The number of nitrogens with zero attached hydrogens (tertiary/aromatic N) is 1. The van der Waals surface area contributed by atoms with Crippen LogP contribution in [0.2, 0.25) is 0 Å². The van der Waals surface area contributed by atoms with Crippen molar-refractivity contribution in [3.63, 3.8) is 0 Å². The number of rotatable bonds is 5. The van der Waals surface area contributed by atoms with Gasteiger partial charge in [-0.05, 0) is 66.5 Å². The molecule has 1 aromatic rings. The van der Waals surface area contributed by atoms with E-state index < -0.39 is 5.60 Å². The molecule has 0 unspecified atom stereocenters. The van der Waals surface area contributed by atoms with E-state index in [1.54, 1.807) is 4.90 Å². The molecule has 1 amide bonds. The van der Waals surface area contributed by atoms with E-state index in [4.69, 9.17) is 4.74 Å². The summed E-state index contributed by atoms with van der Waals surface area (Å²) in [6.07, 6.45) is -0.264. The molecule has 0 bridgehead atoms. The predicted octanol–water partition coefficient (Wildman–Crippen LogP) is 4.68. The molecule has 1 N–H and O–H groups in total. The van der Waals surface area contributed by atoms with Crippen molar-refractivity contribution in [2.45, 2.75) is 72.6 Å². The predicted molar refractivity (Wildman–Crippen MR) is 100 cm³/mol. The van der Waals surface area contributed by atoms with E-state index >= 15 is 0 Å². The van der Waals surface area contributed by atoms with Crippen LogP contribution in [0, 0.1) is 6.92 Å². The third-order valence-corrected chi connectivity index (χ3v) is 3.86. The quantitative estimate of drug-likeness (QED) is 0.850. The van der Waals surface area contributed by atoms with Crippen LogP contribution in [0.15, 0.2) is 24.3 Å². The van der Waals surface area contributed by atoms with Gasteiger partial charge in [-0.15, -0.1) is 0 Å². The molecule has 0 radical (unpaired) electrons. The van der Waals surface area contributed by atoms with E-state index in [0.29, 0.717) is 13.1 Å². The monoisotopic (exact) mass is 334 g/mol. The average Bonchev–Trinajstić information content (AvgIpc) is 2.40. The van der Waals surface area contributed by atoms with Crippen LogP contribution in [-0.2, 0) is 4.74 Å². The van der Waals surface area contributed by atoms with E-state index in [9.17, 15) is 4.79 Å². The van der Waals surface area contributed by atoms with Crippen LogP contribution in [0.5, 0.6) is 0 Å². The maximum Gasteiger partial charge on any atom is 0.410 e. The highest BCUT2D eigenvalue weighted by molar-refractivity contribution is 5.69. The first-order chi connectivity index (χ1) is 10.9. The molecule has 0 saturated carbocycles. The number of amides is 1. The Kier molecular flexibility index (Phi) is 6.85. The lowest BCUT2D eigenvalue weighted by Crippen LogP contribution is -2.50. The number of aryl methyl sites for hydroxylation is 1. The highest BCUT2D eigenvalue weighted by atomic mass is 16.6. The molecular formula is C20H34N2O2. The van der Waals surface area contributed by atoms with E-state index in [1.165, 1.54) is 11.1 Å². The zero-order chi connectivity index (χ0) is 18.5. The lowest BCUT2D eigenvalue weighted by Gasteiger charge is -2.37. The molecule has 0 spiro atoms. The van der Waals surface area contributed by atoms with Crippen LogP contribution in [0.3, 0.4) is 0 Å². The maximum absolute atomic E-state index is 12.5. The van der Waals surface area contributed by atoms with Gasteiger partial charge in [-0.2, -0.15) is 0 Å². The number of carbonyl (C=O) groups excluding carboxylic acids is 1. The van der Waals surface area contributed by atoms with Crippen LogP contribution >= 0.6 is 0 Å². The van der Waals surface area contributed by atoms with E-state index in [0.717, 1.165) is 0 Å². The SMILES string of the molecule is Cc1ccccc1[C@@H](C)NCCN(C(=O)OC(C)(C)C)C(C)(C)C. The number of carbonyl (C=O) groups is 1. The molecule has 0 heterocycles. The van der Waals surface area contributed by atoms with E-state index in [-0.39, 0.29) is 17.7 Å². The largest absolute Gasteiger partial charge is 0.444 e. The van der Waals surface area contributed by atoms with Gasteiger partial charge in [-0.3, -0.25) is 0 Å². The van der Waals surface area contributed by atoms with Crippen molar-refractivity contribution >= 4 is 6.09 Å². The molecule has 0 saturated heterocycles. The molecule has 136 valence electrons. The van der Waals surface area contributed by atoms with Crippen LogP contribution < -0.4 is 5.32 Å². The molecule has 4 heteroatoms. The maximum atomic E-state index is 12.5. The lowest BCUT2D eigenvalue weighted by atomic mass is 10.0. The minimum Gasteiger partial charge on any atom is -0.444 e. The topological polar surface area (TPSA) is 41.6 Å². The third kappa shape index (κ3) is 6.52. The number of benzene rings is 1. The Morgan fingerprint density at radius 1 is 1.17 bits per heavy atom. The molecule has 1 aromatic carbocycles. The van der Waals surface area contributed by atoms with Gasteiger partial charge in [0.15, 0.2) is 0 Å². The van der Waals surface area contributed by atoms with Gasteiger partial charge >= 0.3 is 6.09 Å². The summed E-state index contributed by atoms with van der Waals surface area (Å²) in [4.78, 5) is 14.3. The van der Waals surface area contributed by atoms with Gasteiger partial charge in [0.05, 0.1) is 0 Å². The second-order valence-corrected chi connectivity index (χ2v) is 8.34. The normalized spacial score (nSPS) is 13.5. The summed E-state index contributed by atoms with van der Waals surface area (Å²) >= 11 is 0. The smallest absolute Gasteiger partial charge is 0.410 e. The highest BCUT2D eigenvalue weighted by Crippen LogP contribution is 2.19. The second kappa shape index (κ2) is 8.02. The number of hydrogen-bond acceptors (Lipinski definition) is 3. The lowest BCUT2D eigenvalue weighted by molar-refractivity contribution is 0.00649. The number of hydrogen-bond donors (Lipinski definition) is 1. The highest BCUT2D eigenvalue weighted by Gasteiger charge is 2.30. The van der Waals surface area contributed by atoms with Crippen LogP contribution in [0.4, 0.5) is 4.79 Å². The molecule has 0 fully saturated rings. The second-order valence-electron chi connectivity index (χ2n) is 8.34. The average molecular weight is 335 g/mol. The first-order valence-electron chi connectivity index (χ1n) is 8.71. The fraction of sp³-hybridized carbons (Fsp3) is 0.650. The van der Waals surface area contributed by atoms with Crippen LogP contribution in [-0.4, -0.2) is 35.2 Å². The summed E-state index contributed by atoms with van der Waals surface area (Å²) in [5.74, 6) is 0. The van der Waals surface area contributed by atoms with Gasteiger partial charge in [-0.1, -0.05) is 24.3 Å². The van der Waals surface area contributed by atoms with Crippen LogP contribution in [0.25, 0.3) is 0 Å². The standard InChI is InChI=1S/C20H34N2O2/c1-15-11-9-10-12-17(15)16(2)21-13-14-22(19(3,4)5)18(23)24-20(6,7)8/h9-12,16,21H,13-14H2,1-8H3/t16-/m1/s1. The summed E-state index contributed by atoms with van der Waals surface area (Å²) in [7, 11) is 0. The molecule has 0 aliphatic heterocycles. The van der Waals surface area contributed by atoms with Crippen molar-refractivity contribution in [3.8, 4) is 0 Å². The molecule has 4 nitrogen and oxygen atoms in total. The Bertz CT molecular complexity index is 541. The van der Waals surface area contributed by atoms with E-state index in [1.807, 2.05) is 41.5 Å². The van der Waals surface area contributed by atoms with Crippen molar-refractivity contribution in [3.05, 3.63) is 35.4 Å². The summed E-state index contributed by atoms with van der Waals surface area (Å²) in [6.45, 7) is 17.4. The molecule has 0 aliphatic rings. The van der Waals surface area contributed by atoms with Crippen molar-refractivity contribution < 1.29 is 9.53 Å². The van der Waals surface area contributed by atoms with Gasteiger partial charge in [0.2, 0.25) is 0 Å². The summed E-state index contributed by atoms with van der Waals surface area (Å²) < 4.78 is 5.55. The fourth-order valence-electron chi connectivity index (χ4n) is 2.59. The minimum absolute atomic E-state index is 0.242. The number of nitrogens with one attached hydrogen (secondary N) is 1. The van der Waals surface area contributed by atoms with Crippen molar-refractivity contribution in [2.75, 3.05) is 13.1 Å². The van der Waals surface area contributed by atoms with Gasteiger partial charge in [0, 0.05) is 24.7 Å². The minimum atomic E-state index is -0.484. The first-order valence-corrected chi connectivity index (χ1v) is 8.71. The van der Waals surface area contributed by atoms with Crippen LogP contribution in [0.1, 0.15) is 65.6 Å². The molecular weight excluding hydrogens is 300 g/mol. The molecule has 1 rings (SSSR count). The van der Waals surface area contributed by atoms with Gasteiger partial charge in [0.1, 0.15) is 5.60 Å². The third-order valence-electron chi connectivity index (χ3n) is 3.86. The Hall–Kier alpha value is -1.55. The Labute approximate surface area is 147 Å². The zero-order valence-corrected chi connectivity index (χ0v) is 16.6. The summed E-state index contributed by atoms with van der Waals surface area (Å²) in [5, 5.41) is 3.51. The van der Waals surface area contributed by atoms with Crippen molar-refractivity contribution in [1.29, 1.82) is 0 Å². The first kappa shape index (κ1) is 20.5. The Balaban J connectivity index is 2.66. The van der Waals surface area contributed by atoms with Crippen molar-refractivity contribution in [1.82, 2.24) is 10.2 Å². The van der Waals surface area contributed by atoms with Gasteiger partial charge < -0.3 is 15.0 Å². The summed E-state index contributed by atoms with van der Waals surface area (Å²) in [6, 6.07) is 8.61. The van der Waals surface area contributed by atoms with Crippen molar-refractivity contribution in [2.24, 2.45) is 0 Å². The molecule has 0 aliphatic carbocycles. The zero-order valence-electron chi connectivity index (χ0n) is 16.6. The molecule has 1 atom stereocenters. The molecule has 24 heavy (non-hydrogen) atoms. The number of ether oxygens (including phenoxy) is 1. The van der Waals surface area contributed by atoms with Gasteiger partial charge in [-0.25, -0.2) is 4.79 Å². The summed E-state index contributed by atoms with van der Waals surface area (Å²) in [5.41, 5.74) is 1.80.